The molecule has 1 amide bonds. The molecule has 0 saturated carbocycles. The number of aryl methyl sites for hydroxylation is 1. The van der Waals surface area contributed by atoms with Crippen molar-refractivity contribution in [2.45, 2.75) is 40.2 Å². The number of amides is 1. The maximum atomic E-state index is 11.8. The highest BCUT2D eigenvalue weighted by Gasteiger charge is 2.21. The zero-order valence-corrected chi connectivity index (χ0v) is 13.6. The van der Waals surface area contributed by atoms with Crippen LogP contribution in [0.5, 0.6) is 5.88 Å². The molecular formula is C13H19BrN2O3. The summed E-state index contributed by atoms with van der Waals surface area (Å²) in [6.45, 7) is 9.19. The maximum Gasteiger partial charge on any atom is 0.412 e. The molecule has 1 heterocycles. The Morgan fingerprint density at radius 2 is 1.89 bits per heavy atom. The largest absolute Gasteiger partial charge is 0.479 e. The third kappa shape index (κ3) is 4.09. The second kappa shape index (κ2) is 5.77. The van der Waals surface area contributed by atoms with Crippen molar-refractivity contribution in [1.29, 1.82) is 0 Å². The smallest absolute Gasteiger partial charge is 0.412 e. The molecule has 0 bridgehead atoms. The summed E-state index contributed by atoms with van der Waals surface area (Å²) in [4.78, 5) is 16.1. The highest BCUT2D eigenvalue weighted by molar-refractivity contribution is 9.10. The number of pyridine rings is 1. The summed E-state index contributed by atoms with van der Waals surface area (Å²) in [5.41, 5.74) is 1.68. The molecule has 1 N–H and O–H groups in total. The molecule has 0 aliphatic carbocycles. The summed E-state index contributed by atoms with van der Waals surface area (Å²) in [5.74, 6) is 0.348. The lowest BCUT2D eigenvalue weighted by Crippen LogP contribution is -2.27. The van der Waals surface area contributed by atoms with Crippen molar-refractivity contribution < 1.29 is 14.3 Å². The molecule has 19 heavy (non-hydrogen) atoms. The third-order valence-electron chi connectivity index (χ3n) is 2.39. The van der Waals surface area contributed by atoms with E-state index in [0.717, 1.165) is 15.7 Å². The summed E-state index contributed by atoms with van der Waals surface area (Å²) in [6, 6.07) is 0. The van der Waals surface area contributed by atoms with Crippen LogP contribution >= 0.6 is 15.9 Å². The predicted octanol–water partition coefficient (Wildman–Crippen LogP) is 3.82. The first-order valence-corrected chi connectivity index (χ1v) is 6.65. The number of carbonyl (C=O) groups excluding carboxylic acids is 1. The minimum absolute atomic E-state index is 0.348. The normalized spacial score (nSPS) is 11.1. The van der Waals surface area contributed by atoms with Gasteiger partial charge in [-0.3, -0.25) is 5.32 Å². The standard InChI is InChI=1S/C13H19BrN2O3/c1-7-8(2)15-11(18-6)10(9(7)14)16-12(17)19-13(3,4)5/h1-6H3,(H,16,17). The van der Waals surface area contributed by atoms with E-state index < -0.39 is 11.7 Å². The highest BCUT2D eigenvalue weighted by atomic mass is 79.9. The van der Waals surface area contributed by atoms with Crippen molar-refractivity contribution in [3.8, 4) is 5.88 Å². The Balaban J connectivity index is 3.07. The van der Waals surface area contributed by atoms with Crippen LogP contribution in [0.1, 0.15) is 32.0 Å². The number of carbonyl (C=O) groups is 1. The number of nitrogens with one attached hydrogen (secondary N) is 1. The van der Waals surface area contributed by atoms with Crippen LogP contribution in [0.25, 0.3) is 0 Å². The molecule has 0 aliphatic heterocycles. The molecule has 0 aromatic carbocycles. The summed E-state index contributed by atoms with van der Waals surface area (Å²) in [6.07, 6.45) is -0.545. The van der Waals surface area contributed by atoms with Crippen LogP contribution in [0.2, 0.25) is 0 Å². The Hall–Kier alpha value is -1.30. The van der Waals surface area contributed by atoms with Crippen LogP contribution in [0.4, 0.5) is 10.5 Å². The van der Waals surface area contributed by atoms with Gasteiger partial charge in [0, 0.05) is 5.69 Å². The second-order valence-electron chi connectivity index (χ2n) is 5.15. The maximum absolute atomic E-state index is 11.8. The van der Waals surface area contributed by atoms with Crippen LogP contribution in [0.3, 0.4) is 0 Å². The van der Waals surface area contributed by atoms with Crippen molar-refractivity contribution >= 4 is 27.7 Å². The molecule has 5 nitrogen and oxygen atoms in total. The van der Waals surface area contributed by atoms with Gasteiger partial charge in [0.25, 0.3) is 0 Å². The van der Waals surface area contributed by atoms with E-state index >= 15 is 0 Å². The zero-order chi connectivity index (χ0) is 14.8. The number of ether oxygens (including phenoxy) is 2. The Bertz CT molecular complexity index is 496. The van der Waals surface area contributed by atoms with Gasteiger partial charge in [-0.2, -0.15) is 0 Å². The molecule has 0 aliphatic rings. The van der Waals surface area contributed by atoms with E-state index in [4.69, 9.17) is 9.47 Å². The van der Waals surface area contributed by atoms with E-state index in [0.29, 0.717) is 11.6 Å². The molecular weight excluding hydrogens is 312 g/mol. The van der Waals surface area contributed by atoms with E-state index in [-0.39, 0.29) is 0 Å². The van der Waals surface area contributed by atoms with Gasteiger partial charge >= 0.3 is 6.09 Å². The van der Waals surface area contributed by atoms with Gasteiger partial charge < -0.3 is 9.47 Å². The average molecular weight is 331 g/mol. The van der Waals surface area contributed by atoms with E-state index in [9.17, 15) is 4.79 Å². The molecule has 0 unspecified atom stereocenters. The van der Waals surface area contributed by atoms with Crippen LogP contribution in [-0.2, 0) is 4.74 Å². The monoisotopic (exact) mass is 330 g/mol. The Labute approximate surface area is 121 Å². The molecule has 0 fully saturated rings. The average Bonchev–Trinajstić information content (AvgIpc) is 2.27. The van der Waals surface area contributed by atoms with Crippen molar-refractivity contribution in [2.24, 2.45) is 0 Å². The fraction of sp³-hybridized carbons (Fsp3) is 0.538. The van der Waals surface area contributed by atoms with Crippen molar-refractivity contribution in [3.05, 3.63) is 15.7 Å². The third-order valence-corrected chi connectivity index (χ3v) is 3.39. The topological polar surface area (TPSA) is 60.5 Å². The fourth-order valence-corrected chi connectivity index (χ4v) is 1.95. The van der Waals surface area contributed by atoms with Crippen LogP contribution in [-0.4, -0.2) is 23.8 Å². The van der Waals surface area contributed by atoms with Gasteiger partial charge in [-0.25, -0.2) is 9.78 Å². The minimum Gasteiger partial charge on any atom is -0.479 e. The first-order chi connectivity index (χ1) is 8.65. The van der Waals surface area contributed by atoms with Crippen molar-refractivity contribution in [2.75, 3.05) is 12.4 Å². The van der Waals surface area contributed by atoms with Gasteiger partial charge in [0.2, 0.25) is 5.88 Å². The number of hydrogen-bond donors (Lipinski definition) is 1. The Kier molecular flexibility index (Phi) is 4.79. The highest BCUT2D eigenvalue weighted by Crippen LogP contribution is 2.35. The fourth-order valence-electron chi connectivity index (χ4n) is 1.39. The van der Waals surface area contributed by atoms with Gasteiger partial charge in [0.1, 0.15) is 11.3 Å². The molecule has 1 rings (SSSR count). The number of nitrogens with zero attached hydrogens (tertiary/aromatic N) is 1. The van der Waals surface area contributed by atoms with Gasteiger partial charge in [-0.05, 0) is 56.1 Å². The van der Waals surface area contributed by atoms with E-state index in [1.165, 1.54) is 7.11 Å². The summed E-state index contributed by atoms with van der Waals surface area (Å²) in [5, 5.41) is 2.66. The van der Waals surface area contributed by atoms with Gasteiger partial charge in [0.15, 0.2) is 0 Å². The number of hydrogen-bond acceptors (Lipinski definition) is 4. The minimum atomic E-state index is -0.559. The van der Waals surface area contributed by atoms with Crippen LogP contribution in [0.15, 0.2) is 4.47 Å². The van der Waals surface area contributed by atoms with Gasteiger partial charge in [-0.1, -0.05) is 0 Å². The molecule has 6 heteroatoms. The summed E-state index contributed by atoms with van der Waals surface area (Å²) in [7, 11) is 1.50. The first-order valence-electron chi connectivity index (χ1n) is 5.86. The lowest BCUT2D eigenvalue weighted by molar-refractivity contribution is 0.0635. The number of aromatic nitrogens is 1. The predicted molar refractivity (Wildman–Crippen MR) is 77.8 cm³/mol. The molecule has 0 atom stereocenters. The van der Waals surface area contributed by atoms with E-state index in [1.54, 1.807) is 20.8 Å². The van der Waals surface area contributed by atoms with Crippen molar-refractivity contribution in [3.63, 3.8) is 0 Å². The summed E-state index contributed by atoms with van der Waals surface area (Å²) >= 11 is 3.44. The van der Waals surface area contributed by atoms with Gasteiger partial charge in [0.05, 0.1) is 11.6 Å². The number of anilines is 1. The molecule has 1 aromatic heterocycles. The zero-order valence-electron chi connectivity index (χ0n) is 12.0. The lowest BCUT2D eigenvalue weighted by Gasteiger charge is -2.21. The molecule has 106 valence electrons. The summed E-state index contributed by atoms with van der Waals surface area (Å²) < 4.78 is 11.1. The molecule has 0 saturated heterocycles. The van der Waals surface area contributed by atoms with E-state index in [2.05, 4.69) is 26.2 Å². The molecule has 0 radical (unpaired) electrons. The molecule has 0 spiro atoms. The second-order valence-corrected chi connectivity index (χ2v) is 5.94. The van der Waals surface area contributed by atoms with Gasteiger partial charge in [-0.15, -0.1) is 0 Å². The number of methoxy groups -OCH3 is 1. The van der Waals surface area contributed by atoms with Crippen LogP contribution < -0.4 is 10.1 Å². The number of rotatable bonds is 2. The number of halogens is 1. The van der Waals surface area contributed by atoms with Crippen molar-refractivity contribution in [1.82, 2.24) is 4.98 Å². The SMILES string of the molecule is COc1nc(C)c(C)c(Br)c1NC(=O)OC(C)(C)C. The van der Waals surface area contributed by atoms with E-state index in [1.807, 2.05) is 13.8 Å². The first kappa shape index (κ1) is 15.8. The molecule has 1 aromatic rings. The Morgan fingerprint density at radius 3 is 2.37 bits per heavy atom. The quantitative estimate of drug-likeness (QED) is 0.895. The Morgan fingerprint density at radius 1 is 1.32 bits per heavy atom. The lowest BCUT2D eigenvalue weighted by atomic mass is 10.2. The van der Waals surface area contributed by atoms with Crippen LogP contribution in [0, 0.1) is 13.8 Å².